The van der Waals surface area contributed by atoms with Crippen LogP contribution in [0.5, 0.6) is 0 Å². The highest BCUT2D eigenvalue weighted by Crippen LogP contribution is 2.07. The molecule has 2 aromatic carbocycles. The Morgan fingerprint density at radius 2 is 1.27 bits per heavy atom. The number of aromatic nitrogens is 2. The first-order valence-electron chi connectivity index (χ1n) is 6.79. The molecule has 0 N–H and O–H groups in total. The van der Waals surface area contributed by atoms with Crippen LogP contribution in [0.15, 0.2) is 79.4 Å². The fourth-order valence-corrected chi connectivity index (χ4v) is 1.77. The molecule has 0 saturated heterocycles. The van der Waals surface area contributed by atoms with Crippen LogP contribution < -0.4 is 0 Å². The smallest absolute Gasteiger partial charge is 0.233 e. The Bertz CT molecular complexity index is 671. The second kappa shape index (κ2) is 7.69. The van der Waals surface area contributed by atoms with Crippen molar-refractivity contribution in [3.05, 3.63) is 90.5 Å². The van der Waals surface area contributed by atoms with E-state index in [1.807, 2.05) is 29.9 Å². The molecule has 0 radical (unpaired) electrons. The zero-order chi connectivity index (χ0) is 15.8. The van der Waals surface area contributed by atoms with Gasteiger partial charge in [-0.2, -0.15) is 0 Å². The number of ketones is 2. The Kier molecular flexibility index (Phi) is 5.37. The molecule has 3 rings (SSSR count). The highest BCUT2D eigenvalue weighted by atomic mass is 16.2. The molecule has 0 amide bonds. The first kappa shape index (κ1) is 15.4. The largest absolute Gasteiger partial charge is 0.341 e. The summed E-state index contributed by atoms with van der Waals surface area (Å²) in [5, 5.41) is 0. The summed E-state index contributed by atoms with van der Waals surface area (Å²) in [4.78, 5) is 27.4. The molecule has 22 heavy (non-hydrogen) atoms. The molecule has 0 spiro atoms. The molecule has 0 bridgehead atoms. The summed E-state index contributed by atoms with van der Waals surface area (Å²) < 4.78 is 1.89. The number of hydrogen-bond donors (Lipinski definition) is 0. The number of nitrogens with zero attached hydrogens (tertiary/aromatic N) is 2. The maximum Gasteiger partial charge on any atom is 0.233 e. The predicted octanol–water partition coefficient (Wildman–Crippen LogP) is 3.17. The van der Waals surface area contributed by atoms with Crippen molar-refractivity contribution in [3.63, 3.8) is 0 Å². The summed E-state index contributed by atoms with van der Waals surface area (Å²) in [5.74, 6) is -0.932. The third-order valence-electron chi connectivity index (χ3n) is 2.91. The van der Waals surface area contributed by atoms with Gasteiger partial charge in [0.1, 0.15) is 0 Å². The van der Waals surface area contributed by atoms with Crippen LogP contribution in [-0.2, 0) is 7.05 Å². The van der Waals surface area contributed by atoms with Crippen LogP contribution in [0.2, 0.25) is 0 Å². The first-order chi connectivity index (χ1) is 10.7. The number of imidazole rings is 1. The van der Waals surface area contributed by atoms with Gasteiger partial charge in [-0.25, -0.2) is 4.98 Å². The Labute approximate surface area is 129 Å². The number of aryl methyl sites for hydroxylation is 1. The fourth-order valence-electron chi connectivity index (χ4n) is 1.77. The van der Waals surface area contributed by atoms with E-state index in [0.29, 0.717) is 11.1 Å². The maximum atomic E-state index is 11.8. The number of carbonyl (C=O) groups excluding carboxylic acids is 2. The summed E-state index contributed by atoms with van der Waals surface area (Å²) in [6.45, 7) is 0. The zero-order valence-corrected chi connectivity index (χ0v) is 12.2. The number of hydrogen-bond acceptors (Lipinski definition) is 3. The van der Waals surface area contributed by atoms with E-state index in [1.165, 1.54) is 0 Å². The maximum absolute atomic E-state index is 11.8. The lowest BCUT2D eigenvalue weighted by Gasteiger charge is -1.99. The monoisotopic (exact) mass is 292 g/mol. The van der Waals surface area contributed by atoms with Gasteiger partial charge in [0.2, 0.25) is 11.6 Å². The average Bonchev–Trinajstić information content (AvgIpc) is 3.07. The molecule has 4 heteroatoms. The molecule has 0 unspecified atom stereocenters. The lowest BCUT2D eigenvalue weighted by molar-refractivity contribution is 0.0817. The highest BCUT2D eigenvalue weighted by molar-refractivity contribution is 6.49. The standard InChI is InChI=1S/C14H10O2.C4H6N2/c15-13(11-7-3-1-4-8-11)14(16)12-9-5-2-6-10-12;1-6-3-2-5-4-6/h1-10H;2-4H,1H3. The molecule has 110 valence electrons. The van der Waals surface area contributed by atoms with E-state index in [-0.39, 0.29) is 0 Å². The van der Waals surface area contributed by atoms with Gasteiger partial charge in [-0.05, 0) is 0 Å². The van der Waals surface area contributed by atoms with Crippen molar-refractivity contribution in [2.24, 2.45) is 7.05 Å². The molecule has 0 atom stereocenters. The first-order valence-corrected chi connectivity index (χ1v) is 6.79. The van der Waals surface area contributed by atoms with Crippen LogP contribution in [0.3, 0.4) is 0 Å². The van der Waals surface area contributed by atoms with Crippen LogP contribution >= 0.6 is 0 Å². The molecule has 0 fully saturated rings. The zero-order valence-electron chi connectivity index (χ0n) is 12.2. The quantitative estimate of drug-likeness (QED) is 0.550. The van der Waals surface area contributed by atoms with Gasteiger partial charge >= 0.3 is 0 Å². The van der Waals surface area contributed by atoms with Gasteiger partial charge in [0.15, 0.2) is 0 Å². The van der Waals surface area contributed by atoms with Crippen molar-refractivity contribution < 1.29 is 9.59 Å². The van der Waals surface area contributed by atoms with Crippen LogP contribution in [0, 0.1) is 0 Å². The van der Waals surface area contributed by atoms with E-state index in [0.717, 1.165) is 0 Å². The minimum atomic E-state index is -0.466. The average molecular weight is 292 g/mol. The molecule has 4 nitrogen and oxygen atoms in total. The Balaban J connectivity index is 0.000000246. The molecule has 0 aliphatic rings. The van der Waals surface area contributed by atoms with E-state index < -0.39 is 11.6 Å². The van der Waals surface area contributed by atoms with Gasteiger partial charge in [0.25, 0.3) is 0 Å². The topological polar surface area (TPSA) is 52.0 Å². The Morgan fingerprint density at radius 3 is 1.55 bits per heavy atom. The van der Waals surface area contributed by atoms with Gasteiger partial charge < -0.3 is 4.57 Å². The normalized spacial score (nSPS) is 9.50. The van der Waals surface area contributed by atoms with Gasteiger partial charge in [-0.15, -0.1) is 0 Å². The van der Waals surface area contributed by atoms with E-state index in [4.69, 9.17) is 0 Å². The van der Waals surface area contributed by atoms with E-state index in [9.17, 15) is 9.59 Å². The van der Waals surface area contributed by atoms with Crippen LogP contribution in [0.4, 0.5) is 0 Å². The summed E-state index contributed by atoms with van der Waals surface area (Å²) in [6.07, 6.45) is 5.39. The van der Waals surface area contributed by atoms with Crippen molar-refractivity contribution in [1.29, 1.82) is 0 Å². The predicted molar refractivity (Wildman–Crippen MR) is 84.8 cm³/mol. The minimum absolute atomic E-state index is 0.427. The molecule has 0 aliphatic carbocycles. The second-order valence-electron chi connectivity index (χ2n) is 4.62. The van der Waals surface area contributed by atoms with Crippen LogP contribution in [-0.4, -0.2) is 21.1 Å². The molecule has 1 heterocycles. The third kappa shape index (κ3) is 4.24. The van der Waals surface area contributed by atoms with E-state index in [1.54, 1.807) is 61.1 Å². The lowest BCUT2D eigenvalue weighted by Crippen LogP contribution is -2.14. The number of rotatable bonds is 3. The van der Waals surface area contributed by atoms with Crippen molar-refractivity contribution >= 4 is 11.6 Å². The molecule has 0 saturated carbocycles. The van der Waals surface area contributed by atoms with Gasteiger partial charge in [-0.1, -0.05) is 60.7 Å². The van der Waals surface area contributed by atoms with Gasteiger partial charge in [0.05, 0.1) is 6.33 Å². The van der Waals surface area contributed by atoms with Crippen molar-refractivity contribution in [2.75, 3.05) is 0 Å². The summed E-state index contributed by atoms with van der Waals surface area (Å²) in [7, 11) is 1.94. The molecule has 1 aromatic heterocycles. The van der Waals surface area contributed by atoms with Crippen molar-refractivity contribution in [1.82, 2.24) is 9.55 Å². The van der Waals surface area contributed by atoms with Gasteiger partial charge in [0, 0.05) is 30.6 Å². The highest BCUT2D eigenvalue weighted by Gasteiger charge is 2.16. The molecule has 3 aromatic rings. The lowest BCUT2D eigenvalue weighted by atomic mass is 10.0. The Morgan fingerprint density at radius 1 is 0.818 bits per heavy atom. The van der Waals surface area contributed by atoms with Crippen LogP contribution in [0.1, 0.15) is 20.7 Å². The molecular weight excluding hydrogens is 276 g/mol. The third-order valence-corrected chi connectivity index (χ3v) is 2.91. The SMILES string of the molecule is Cn1ccnc1.O=C(C(=O)c1ccccc1)c1ccccc1. The van der Waals surface area contributed by atoms with E-state index >= 15 is 0 Å². The minimum Gasteiger partial charge on any atom is -0.341 e. The van der Waals surface area contributed by atoms with Crippen LogP contribution in [0.25, 0.3) is 0 Å². The fraction of sp³-hybridized carbons (Fsp3) is 0.0556. The van der Waals surface area contributed by atoms with Crippen molar-refractivity contribution in [3.8, 4) is 0 Å². The summed E-state index contributed by atoms with van der Waals surface area (Å²) >= 11 is 0. The summed E-state index contributed by atoms with van der Waals surface area (Å²) in [5.41, 5.74) is 0.854. The van der Waals surface area contributed by atoms with E-state index in [2.05, 4.69) is 4.98 Å². The van der Waals surface area contributed by atoms with Gasteiger partial charge in [-0.3, -0.25) is 9.59 Å². The molecular formula is C18H16N2O2. The number of Topliss-reactive ketones (excluding diaryl/α,β-unsaturated/α-hetero) is 2. The van der Waals surface area contributed by atoms with Crippen molar-refractivity contribution in [2.45, 2.75) is 0 Å². The second-order valence-corrected chi connectivity index (χ2v) is 4.62. The molecule has 0 aliphatic heterocycles. The summed E-state index contributed by atoms with van der Waals surface area (Å²) in [6, 6.07) is 17.2. The Hall–Kier alpha value is -3.01. The number of benzene rings is 2. The number of carbonyl (C=O) groups is 2.